The van der Waals surface area contributed by atoms with Gasteiger partial charge in [-0.15, -0.1) is 0 Å². The summed E-state index contributed by atoms with van der Waals surface area (Å²) in [5.41, 5.74) is 2.56. The average Bonchev–Trinajstić information content (AvgIpc) is 2.49. The van der Waals surface area contributed by atoms with Crippen LogP contribution in [0.4, 0.5) is 0 Å². The van der Waals surface area contributed by atoms with Crippen molar-refractivity contribution >= 4 is 0 Å². The van der Waals surface area contributed by atoms with Crippen molar-refractivity contribution in [1.29, 1.82) is 0 Å². The number of hydrogen-bond donors (Lipinski definition) is 1. The molecule has 2 aromatic carbocycles. The van der Waals surface area contributed by atoms with Crippen LogP contribution in [0.1, 0.15) is 17.5 Å². The first kappa shape index (κ1) is 12.2. The SMILES string of the molecule is c1ccc2c(c1)CCCNCCc1ccccc1O2. The standard InChI is InChI=1S/C17H19NO/c1-3-9-16-14(6-1)8-5-12-18-13-11-15-7-2-4-10-17(15)19-16/h1-4,6-7,9-10,18H,5,8,11-13H2. The summed E-state index contributed by atoms with van der Waals surface area (Å²) in [7, 11) is 0. The Morgan fingerprint density at radius 2 is 1.37 bits per heavy atom. The molecule has 1 aliphatic heterocycles. The number of fused-ring (bicyclic) bond motifs is 2. The summed E-state index contributed by atoms with van der Waals surface area (Å²) in [4.78, 5) is 0. The van der Waals surface area contributed by atoms with E-state index in [1.54, 1.807) is 0 Å². The number of aryl methyl sites for hydroxylation is 1. The van der Waals surface area contributed by atoms with E-state index >= 15 is 0 Å². The quantitative estimate of drug-likeness (QED) is 0.775. The Balaban J connectivity index is 1.97. The molecule has 2 heteroatoms. The van der Waals surface area contributed by atoms with Gasteiger partial charge >= 0.3 is 0 Å². The molecule has 0 saturated carbocycles. The molecule has 0 atom stereocenters. The first-order chi connectivity index (χ1) is 9.43. The van der Waals surface area contributed by atoms with Gasteiger partial charge < -0.3 is 10.1 Å². The van der Waals surface area contributed by atoms with E-state index in [1.807, 2.05) is 12.1 Å². The first-order valence-corrected chi connectivity index (χ1v) is 6.98. The molecular weight excluding hydrogens is 234 g/mol. The molecular formula is C17H19NO. The summed E-state index contributed by atoms with van der Waals surface area (Å²) in [5, 5.41) is 3.50. The highest BCUT2D eigenvalue weighted by Crippen LogP contribution is 2.29. The molecule has 1 N–H and O–H groups in total. The Labute approximate surface area is 114 Å². The number of benzene rings is 2. The van der Waals surface area contributed by atoms with Gasteiger partial charge in [-0.05, 0) is 55.6 Å². The van der Waals surface area contributed by atoms with Gasteiger partial charge in [0.05, 0.1) is 0 Å². The molecule has 0 fully saturated rings. The molecule has 0 spiro atoms. The lowest BCUT2D eigenvalue weighted by Crippen LogP contribution is -2.18. The Kier molecular flexibility index (Phi) is 3.80. The molecule has 3 rings (SSSR count). The first-order valence-electron chi connectivity index (χ1n) is 6.98. The van der Waals surface area contributed by atoms with Gasteiger partial charge in [-0.3, -0.25) is 0 Å². The van der Waals surface area contributed by atoms with Crippen molar-refractivity contribution in [3.63, 3.8) is 0 Å². The second-order valence-electron chi connectivity index (χ2n) is 4.92. The van der Waals surface area contributed by atoms with Gasteiger partial charge in [0.25, 0.3) is 0 Å². The van der Waals surface area contributed by atoms with Crippen LogP contribution >= 0.6 is 0 Å². The van der Waals surface area contributed by atoms with Crippen LogP contribution in [0.25, 0.3) is 0 Å². The van der Waals surface area contributed by atoms with Crippen molar-refractivity contribution in [1.82, 2.24) is 5.32 Å². The second-order valence-corrected chi connectivity index (χ2v) is 4.92. The van der Waals surface area contributed by atoms with Crippen molar-refractivity contribution < 1.29 is 4.74 Å². The van der Waals surface area contributed by atoms with Gasteiger partial charge in [0.1, 0.15) is 11.5 Å². The molecule has 0 radical (unpaired) electrons. The Morgan fingerprint density at radius 3 is 2.11 bits per heavy atom. The Morgan fingerprint density at radius 1 is 0.737 bits per heavy atom. The minimum absolute atomic E-state index is 0.985. The molecule has 2 aromatic rings. The van der Waals surface area contributed by atoms with Crippen LogP contribution in [0.15, 0.2) is 48.5 Å². The molecule has 0 amide bonds. The fraction of sp³-hybridized carbons (Fsp3) is 0.294. The van der Waals surface area contributed by atoms with E-state index in [4.69, 9.17) is 4.74 Å². The molecule has 0 aliphatic carbocycles. The predicted molar refractivity (Wildman–Crippen MR) is 77.9 cm³/mol. The van der Waals surface area contributed by atoms with Gasteiger partial charge in [-0.1, -0.05) is 36.4 Å². The fourth-order valence-electron chi connectivity index (χ4n) is 2.49. The summed E-state index contributed by atoms with van der Waals surface area (Å²) in [6, 6.07) is 16.7. The lowest BCUT2D eigenvalue weighted by molar-refractivity contribution is 0.470. The summed E-state index contributed by atoms with van der Waals surface area (Å²) >= 11 is 0. The Hall–Kier alpha value is -1.80. The number of hydrogen-bond acceptors (Lipinski definition) is 2. The van der Waals surface area contributed by atoms with Crippen LogP contribution in [0.2, 0.25) is 0 Å². The maximum Gasteiger partial charge on any atom is 0.130 e. The maximum atomic E-state index is 6.15. The summed E-state index contributed by atoms with van der Waals surface area (Å²) < 4.78 is 6.15. The van der Waals surface area contributed by atoms with Crippen LogP contribution in [0, 0.1) is 0 Å². The third kappa shape index (κ3) is 2.96. The van der Waals surface area contributed by atoms with E-state index < -0.39 is 0 Å². The second kappa shape index (κ2) is 5.89. The van der Waals surface area contributed by atoms with Crippen LogP contribution in [0.5, 0.6) is 11.5 Å². The molecule has 1 aliphatic rings. The van der Waals surface area contributed by atoms with Crippen LogP contribution in [-0.2, 0) is 12.8 Å². The highest BCUT2D eigenvalue weighted by atomic mass is 16.5. The molecule has 98 valence electrons. The number of nitrogens with one attached hydrogen (secondary N) is 1. The van der Waals surface area contributed by atoms with E-state index in [1.165, 1.54) is 11.1 Å². The fourth-order valence-corrected chi connectivity index (χ4v) is 2.49. The van der Waals surface area contributed by atoms with Gasteiger partial charge in [0, 0.05) is 0 Å². The maximum absolute atomic E-state index is 6.15. The largest absolute Gasteiger partial charge is 0.457 e. The van der Waals surface area contributed by atoms with E-state index in [0.29, 0.717) is 0 Å². The van der Waals surface area contributed by atoms with Crippen molar-refractivity contribution in [3.05, 3.63) is 59.7 Å². The molecule has 1 heterocycles. The average molecular weight is 253 g/mol. The van der Waals surface area contributed by atoms with Gasteiger partial charge in [-0.2, -0.15) is 0 Å². The number of para-hydroxylation sites is 2. The lowest BCUT2D eigenvalue weighted by Gasteiger charge is -2.13. The minimum atomic E-state index is 0.985. The third-order valence-electron chi connectivity index (χ3n) is 3.54. The highest BCUT2D eigenvalue weighted by Gasteiger charge is 2.09. The zero-order chi connectivity index (χ0) is 12.9. The van der Waals surface area contributed by atoms with Gasteiger partial charge in [0.15, 0.2) is 0 Å². The molecule has 0 aromatic heterocycles. The molecule has 0 bridgehead atoms. The van der Waals surface area contributed by atoms with E-state index in [-0.39, 0.29) is 0 Å². The molecule has 0 saturated heterocycles. The summed E-state index contributed by atoms with van der Waals surface area (Å²) in [6.45, 7) is 2.08. The van der Waals surface area contributed by atoms with E-state index in [2.05, 4.69) is 41.7 Å². The minimum Gasteiger partial charge on any atom is -0.457 e. The number of ether oxygens (including phenoxy) is 1. The van der Waals surface area contributed by atoms with Crippen LogP contribution in [0.3, 0.4) is 0 Å². The van der Waals surface area contributed by atoms with Crippen molar-refractivity contribution in [3.8, 4) is 11.5 Å². The van der Waals surface area contributed by atoms with Crippen LogP contribution < -0.4 is 10.1 Å². The van der Waals surface area contributed by atoms with Crippen molar-refractivity contribution in [2.75, 3.05) is 13.1 Å². The van der Waals surface area contributed by atoms with Crippen LogP contribution in [-0.4, -0.2) is 13.1 Å². The third-order valence-corrected chi connectivity index (χ3v) is 3.54. The van der Waals surface area contributed by atoms with Gasteiger partial charge in [-0.25, -0.2) is 0 Å². The summed E-state index contributed by atoms with van der Waals surface area (Å²) in [5.74, 6) is 1.98. The highest BCUT2D eigenvalue weighted by molar-refractivity contribution is 5.41. The van der Waals surface area contributed by atoms with Gasteiger partial charge in [0.2, 0.25) is 0 Å². The van der Waals surface area contributed by atoms with Crippen molar-refractivity contribution in [2.24, 2.45) is 0 Å². The predicted octanol–water partition coefficient (Wildman–Crippen LogP) is 3.56. The normalized spacial score (nSPS) is 15.6. The smallest absolute Gasteiger partial charge is 0.130 e. The zero-order valence-corrected chi connectivity index (χ0v) is 11.1. The zero-order valence-electron chi connectivity index (χ0n) is 11.1. The molecule has 19 heavy (non-hydrogen) atoms. The monoisotopic (exact) mass is 253 g/mol. The number of rotatable bonds is 0. The Bertz CT molecular complexity index is 501. The molecule has 2 nitrogen and oxygen atoms in total. The summed E-state index contributed by atoms with van der Waals surface area (Å²) in [6.07, 6.45) is 3.22. The van der Waals surface area contributed by atoms with E-state index in [9.17, 15) is 0 Å². The lowest BCUT2D eigenvalue weighted by atomic mass is 10.1. The molecule has 0 unspecified atom stereocenters. The van der Waals surface area contributed by atoms with E-state index in [0.717, 1.165) is 43.9 Å². The van der Waals surface area contributed by atoms with Crippen molar-refractivity contribution in [2.45, 2.75) is 19.3 Å². The topological polar surface area (TPSA) is 21.3 Å².